The van der Waals surface area contributed by atoms with Crippen LogP contribution in [0.15, 0.2) is 30.6 Å². The number of halogens is 3. The first-order chi connectivity index (χ1) is 14.3. The van der Waals surface area contributed by atoms with Gasteiger partial charge in [0.15, 0.2) is 0 Å². The van der Waals surface area contributed by atoms with Crippen molar-refractivity contribution < 1.29 is 13.2 Å². The molecule has 1 aliphatic rings. The van der Waals surface area contributed by atoms with Crippen molar-refractivity contribution >= 4 is 33.9 Å². The number of nitrogens with zero attached hydrogens (tertiary/aromatic N) is 5. The zero-order chi connectivity index (χ0) is 21.5. The van der Waals surface area contributed by atoms with Crippen LogP contribution < -0.4 is 10.6 Å². The summed E-state index contributed by atoms with van der Waals surface area (Å²) in [7, 11) is 5.35. The Labute approximate surface area is 171 Å². The van der Waals surface area contributed by atoms with Gasteiger partial charge in [0, 0.05) is 44.3 Å². The number of benzene rings is 1. The summed E-state index contributed by atoms with van der Waals surface area (Å²) in [5.41, 5.74) is 3.09. The van der Waals surface area contributed by atoms with Crippen LogP contribution >= 0.6 is 0 Å². The van der Waals surface area contributed by atoms with Crippen molar-refractivity contribution in [2.45, 2.75) is 12.6 Å². The van der Waals surface area contributed by atoms with Gasteiger partial charge < -0.3 is 15.5 Å². The number of fused-ring (bicyclic) bond motifs is 1. The molecule has 7 nitrogen and oxygen atoms in total. The second-order valence-corrected chi connectivity index (χ2v) is 7.26. The van der Waals surface area contributed by atoms with Gasteiger partial charge in [-0.3, -0.25) is 4.68 Å². The highest BCUT2D eigenvalue weighted by Crippen LogP contribution is 2.36. The van der Waals surface area contributed by atoms with Gasteiger partial charge in [0.25, 0.3) is 0 Å². The lowest BCUT2D eigenvalue weighted by molar-refractivity contribution is -0.137. The molecule has 0 fully saturated rings. The van der Waals surface area contributed by atoms with Gasteiger partial charge in [0.1, 0.15) is 11.4 Å². The minimum atomic E-state index is -4.53. The van der Waals surface area contributed by atoms with Gasteiger partial charge in [-0.1, -0.05) is 12.1 Å². The fourth-order valence-electron chi connectivity index (χ4n) is 3.63. The summed E-state index contributed by atoms with van der Waals surface area (Å²) >= 11 is 0. The smallest absolute Gasteiger partial charge is 0.372 e. The van der Waals surface area contributed by atoms with E-state index in [0.29, 0.717) is 5.69 Å². The minimum absolute atomic E-state index is 0.0729. The molecule has 0 amide bonds. The number of anilines is 3. The number of nitrogens with one attached hydrogen (secondary N) is 2. The lowest BCUT2D eigenvalue weighted by Crippen LogP contribution is -2.23. The molecular formula is C20H22F3N7. The maximum atomic E-state index is 13.1. The van der Waals surface area contributed by atoms with Crippen LogP contribution in [-0.2, 0) is 13.2 Å². The Hall–Kier alpha value is -3.14. The van der Waals surface area contributed by atoms with E-state index in [9.17, 15) is 13.2 Å². The molecule has 2 aromatic heterocycles. The van der Waals surface area contributed by atoms with E-state index >= 15 is 0 Å². The maximum absolute atomic E-state index is 13.1. The van der Waals surface area contributed by atoms with Crippen LogP contribution in [0.5, 0.6) is 0 Å². The van der Waals surface area contributed by atoms with Gasteiger partial charge in [0.2, 0.25) is 5.95 Å². The van der Waals surface area contributed by atoms with Crippen LogP contribution in [-0.4, -0.2) is 51.8 Å². The standard InChI is InChI=1S/C20H22F3N7/c1-24-18-15(20(21,22)23)11-25-19(28-18)27-16-5-4-13(12-6-8-29(2)9-7-12)17-14(16)10-26-30(17)3/h4-6,10-11H,7-9H2,1-3H3,(H2,24,25,27,28). The molecule has 4 rings (SSSR count). The molecule has 0 aliphatic carbocycles. The van der Waals surface area contributed by atoms with Gasteiger partial charge in [-0.2, -0.15) is 23.3 Å². The third-order valence-electron chi connectivity index (χ3n) is 5.24. The van der Waals surface area contributed by atoms with Crippen LogP contribution in [0.2, 0.25) is 0 Å². The molecule has 0 saturated heterocycles. The van der Waals surface area contributed by atoms with Gasteiger partial charge in [-0.15, -0.1) is 0 Å². The Kier molecular flexibility index (Phi) is 5.10. The molecule has 0 bridgehead atoms. The largest absolute Gasteiger partial charge is 0.421 e. The number of aryl methyl sites for hydroxylation is 1. The molecule has 0 radical (unpaired) electrons. The maximum Gasteiger partial charge on any atom is 0.421 e. The first-order valence-electron chi connectivity index (χ1n) is 9.49. The molecule has 30 heavy (non-hydrogen) atoms. The van der Waals surface area contributed by atoms with E-state index in [1.54, 1.807) is 6.20 Å². The van der Waals surface area contributed by atoms with Crippen molar-refractivity contribution in [2.24, 2.45) is 7.05 Å². The number of hydrogen-bond donors (Lipinski definition) is 2. The van der Waals surface area contributed by atoms with Crippen molar-refractivity contribution in [2.75, 3.05) is 37.8 Å². The molecule has 10 heteroatoms. The van der Waals surface area contributed by atoms with E-state index in [1.165, 1.54) is 12.6 Å². The lowest BCUT2D eigenvalue weighted by Gasteiger charge is -2.23. The zero-order valence-corrected chi connectivity index (χ0v) is 16.9. The Morgan fingerprint density at radius 1 is 1.13 bits per heavy atom. The number of hydrogen-bond acceptors (Lipinski definition) is 6. The number of alkyl halides is 3. The summed E-state index contributed by atoms with van der Waals surface area (Å²) in [6.45, 7) is 1.87. The Balaban J connectivity index is 1.72. The quantitative estimate of drug-likeness (QED) is 0.671. The van der Waals surface area contributed by atoms with Crippen molar-refractivity contribution in [3.8, 4) is 0 Å². The van der Waals surface area contributed by atoms with Crippen molar-refractivity contribution in [3.63, 3.8) is 0 Å². The van der Waals surface area contributed by atoms with Gasteiger partial charge in [-0.25, -0.2) is 4.98 Å². The first kappa shape index (κ1) is 20.1. The molecule has 3 heterocycles. The van der Waals surface area contributed by atoms with Crippen molar-refractivity contribution in [1.82, 2.24) is 24.6 Å². The predicted molar refractivity (Wildman–Crippen MR) is 111 cm³/mol. The molecule has 0 atom stereocenters. The first-order valence-corrected chi connectivity index (χ1v) is 9.49. The number of rotatable bonds is 4. The molecule has 2 N–H and O–H groups in total. The average Bonchev–Trinajstić information content (AvgIpc) is 3.10. The van der Waals surface area contributed by atoms with E-state index in [-0.39, 0.29) is 11.8 Å². The van der Waals surface area contributed by atoms with Crippen molar-refractivity contribution in [1.29, 1.82) is 0 Å². The normalized spacial score (nSPS) is 15.3. The molecule has 3 aromatic rings. The van der Waals surface area contributed by atoms with Crippen LogP contribution in [0.4, 0.5) is 30.6 Å². The van der Waals surface area contributed by atoms with E-state index in [2.05, 4.69) is 43.7 Å². The highest BCUT2D eigenvalue weighted by atomic mass is 19.4. The van der Waals surface area contributed by atoms with Crippen LogP contribution in [0, 0.1) is 0 Å². The summed E-state index contributed by atoms with van der Waals surface area (Å²) in [5, 5.41) is 10.8. The van der Waals surface area contributed by atoms with Crippen molar-refractivity contribution in [3.05, 3.63) is 41.7 Å². The van der Waals surface area contributed by atoms with E-state index in [1.807, 2.05) is 23.9 Å². The molecule has 0 unspecified atom stereocenters. The number of aromatic nitrogens is 4. The minimum Gasteiger partial charge on any atom is -0.372 e. The SMILES string of the molecule is CNc1nc(Nc2ccc(C3=CCN(C)CC3)c3c2cnn3C)ncc1C(F)(F)F. The van der Waals surface area contributed by atoms with Gasteiger partial charge in [0.05, 0.1) is 17.4 Å². The van der Waals surface area contributed by atoms with Crippen LogP contribution in [0.3, 0.4) is 0 Å². The predicted octanol–water partition coefficient (Wildman–Crippen LogP) is 3.89. The Bertz CT molecular complexity index is 1120. The second kappa shape index (κ2) is 7.60. The molecule has 1 aromatic carbocycles. The third-order valence-corrected chi connectivity index (χ3v) is 5.24. The van der Waals surface area contributed by atoms with Gasteiger partial charge >= 0.3 is 6.18 Å². The fourth-order valence-corrected chi connectivity index (χ4v) is 3.63. The van der Waals surface area contributed by atoms with Gasteiger partial charge in [-0.05, 0) is 25.1 Å². The molecule has 0 saturated carbocycles. The monoisotopic (exact) mass is 417 g/mol. The molecule has 158 valence electrons. The highest BCUT2D eigenvalue weighted by molar-refractivity contribution is 5.99. The molecule has 0 spiro atoms. The Morgan fingerprint density at radius 2 is 1.93 bits per heavy atom. The fraction of sp³-hybridized carbons (Fsp3) is 0.350. The van der Waals surface area contributed by atoms with E-state index in [4.69, 9.17) is 0 Å². The third kappa shape index (κ3) is 3.70. The topological polar surface area (TPSA) is 70.9 Å². The summed E-state index contributed by atoms with van der Waals surface area (Å²) in [4.78, 5) is 10.1. The summed E-state index contributed by atoms with van der Waals surface area (Å²) in [6.07, 6.45) is 1.14. The summed E-state index contributed by atoms with van der Waals surface area (Å²) in [6, 6.07) is 3.89. The summed E-state index contributed by atoms with van der Waals surface area (Å²) in [5.74, 6) is -0.209. The zero-order valence-electron chi connectivity index (χ0n) is 16.9. The van der Waals surface area contributed by atoms with E-state index < -0.39 is 11.7 Å². The van der Waals surface area contributed by atoms with Crippen LogP contribution in [0.1, 0.15) is 17.5 Å². The summed E-state index contributed by atoms with van der Waals surface area (Å²) < 4.78 is 41.1. The molecular weight excluding hydrogens is 395 g/mol. The molecule has 1 aliphatic heterocycles. The van der Waals surface area contributed by atoms with Crippen LogP contribution in [0.25, 0.3) is 16.5 Å². The highest BCUT2D eigenvalue weighted by Gasteiger charge is 2.35. The second-order valence-electron chi connectivity index (χ2n) is 7.26. The number of likely N-dealkylation sites (N-methyl/N-ethyl adjacent to an activating group) is 1. The lowest BCUT2D eigenvalue weighted by atomic mass is 9.97. The average molecular weight is 417 g/mol. The van der Waals surface area contributed by atoms with E-state index in [0.717, 1.165) is 42.2 Å². The Morgan fingerprint density at radius 3 is 2.60 bits per heavy atom.